The zero-order chi connectivity index (χ0) is 24.4. The third-order valence-electron chi connectivity index (χ3n) is 6.50. The highest BCUT2D eigenvalue weighted by Crippen LogP contribution is 2.25. The van der Waals surface area contributed by atoms with E-state index in [9.17, 15) is 18.8 Å². The lowest BCUT2D eigenvalue weighted by molar-refractivity contribution is -0.120. The van der Waals surface area contributed by atoms with Gasteiger partial charge in [-0.25, -0.2) is 9.18 Å². The van der Waals surface area contributed by atoms with E-state index in [0.717, 1.165) is 0 Å². The van der Waals surface area contributed by atoms with E-state index in [2.05, 4.69) is 5.32 Å². The van der Waals surface area contributed by atoms with Crippen LogP contribution in [0.1, 0.15) is 31.0 Å². The zero-order valence-corrected chi connectivity index (χ0v) is 19.7. The third kappa shape index (κ3) is 4.40. The molecule has 8 heteroatoms. The molecule has 0 aliphatic carbocycles. The molecular formula is C26H29FN4O3. The molecule has 2 aromatic carbocycles. The first-order valence-corrected chi connectivity index (χ1v) is 11.6. The Morgan fingerprint density at radius 1 is 1.06 bits per heavy atom. The van der Waals surface area contributed by atoms with Gasteiger partial charge >= 0.3 is 5.69 Å². The highest BCUT2D eigenvalue weighted by molar-refractivity contribution is 5.92. The van der Waals surface area contributed by atoms with Crippen LogP contribution in [0.2, 0.25) is 0 Å². The Morgan fingerprint density at radius 3 is 2.35 bits per heavy atom. The van der Waals surface area contributed by atoms with Crippen LogP contribution in [0.3, 0.4) is 0 Å². The van der Waals surface area contributed by atoms with E-state index in [-0.39, 0.29) is 35.4 Å². The number of carbonyl (C=O) groups is 1. The van der Waals surface area contributed by atoms with Gasteiger partial charge in [-0.3, -0.25) is 18.7 Å². The largest absolute Gasteiger partial charge is 0.366 e. The summed E-state index contributed by atoms with van der Waals surface area (Å²) in [6.45, 7) is 6.52. The van der Waals surface area contributed by atoms with Crippen molar-refractivity contribution in [3.63, 3.8) is 0 Å². The van der Waals surface area contributed by atoms with E-state index in [4.69, 9.17) is 0 Å². The van der Waals surface area contributed by atoms with Crippen molar-refractivity contribution in [2.24, 2.45) is 5.92 Å². The molecule has 1 fully saturated rings. The summed E-state index contributed by atoms with van der Waals surface area (Å²) in [6, 6.07) is 13.9. The number of carbonyl (C=O) groups excluding carboxylic acids is 1. The van der Waals surface area contributed by atoms with Crippen LogP contribution in [0.25, 0.3) is 5.69 Å². The Bertz CT molecular complexity index is 1320. The number of nitrogens with one attached hydrogen (secondary N) is 1. The minimum atomic E-state index is -0.362. The fourth-order valence-electron chi connectivity index (χ4n) is 4.54. The molecule has 0 bridgehead atoms. The SMILES string of the molecule is CCn1c(=O)c(N2CCC(C(=O)Nc3ccc(C)c(F)c3)CC2)c(C)n(-c2ccccc2)c1=O. The number of hydrogen-bond acceptors (Lipinski definition) is 4. The van der Waals surface area contributed by atoms with Crippen LogP contribution in [0.4, 0.5) is 15.8 Å². The van der Waals surface area contributed by atoms with Crippen LogP contribution in [-0.2, 0) is 11.3 Å². The number of halogens is 1. The second-order valence-electron chi connectivity index (χ2n) is 8.65. The van der Waals surface area contributed by atoms with Gasteiger partial charge in [-0.05, 0) is 63.4 Å². The fraction of sp³-hybridized carbons (Fsp3) is 0.346. The van der Waals surface area contributed by atoms with Gasteiger partial charge in [-0.1, -0.05) is 24.3 Å². The Kier molecular flexibility index (Phi) is 6.68. The van der Waals surface area contributed by atoms with Crippen LogP contribution in [0, 0.1) is 25.6 Å². The van der Waals surface area contributed by atoms with Gasteiger partial charge in [0.15, 0.2) is 0 Å². The van der Waals surface area contributed by atoms with Crippen LogP contribution < -0.4 is 21.5 Å². The number of anilines is 2. The average Bonchev–Trinajstić information content (AvgIpc) is 2.83. The normalized spacial score (nSPS) is 14.3. The number of nitrogens with zero attached hydrogens (tertiary/aromatic N) is 3. The number of aryl methyl sites for hydroxylation is 1. The van der Waals surface area contributed by atoms with Crippen molar-refractivity contribution in [3.05, 3.63) is 86.4 Å². The molecule has 0 spiro atoms. The van der Waals surface area contributed by atoms with Gasteiger partial charge in [-0.15, -0.1) is 0 Å². The van der Waals surface area contributed by atoms with E-state index in [1.807, 2.05) is 35.2 Å². The van der Waals surface area contributed by atoms with Crippen molar-refractivity contribution in [3.8, 4) is 5.69 Å². The van der Waals surface area contributed by atoms with Gasteiger partial charge in [0.1, 0.15) is 11.5 Å². The van der Waals surface area contributed by atoms with E-state index in [1.54, 1.807) is 37.5 Å². The number of para-hydroxylation sites is 1. The molecule has 0 saturated carbocycles. The lowest BCUT2D eigenvalue weighted by atomic mass is 9.95. The Morgan fingerprint density at radius 2 is 1.74 bits per heavy atom. The summed E-state index contributed by atoms with van der Waals surface area (Å²) in [5, 5.41) is 2.80. The zero-order valence-electron chi connectivity index (χ0n) is 19.7. The summed E-state index contributed by atoms with van der Waals surface area (Å²) in [5.74, 6) is -0.752. The highest BCUT2D eigenvalue weighted by Gasteiger charge is 2.29. The van der Waals surface area contributed by atoms with E-state index < -0.39 is 0 Å². The molecule has 1 amide bonds. The Hall–Kier alpha value is -3.68. The molecule has 7 nitrogen and oxygen atoms in total. The molecule has 0 atom stereocenters. The molecule has 1 N–H and O–H groups in total. The number of rotatable bonds is 5. The predicted molar refractivity (Wildman–Crippen MR) is 131 cm³/mol. The van der Waals surface area contributed by atoms with Crippen LogP contribution in [0.5, 0.6) is 0 Å². The van der Waals surface area contributed by atoms with Crippen LogP contribution >= 0.6 is 0 Å². The maximum absolute atomic E-state index is 13.8. The van der Waals surface area contributed by atoms with Crippen molar-refractivity contribution < 1.29 is 9.18 Å². The molecule has 0 radical (unpaired) electrons. The van der Waals surface area contributed by atoms with Crippen LogP contribution in [0.15, 0.2) is 58.1 Å². The molecule has 34 heavy (non-hydrogen) atoms. The highest BCUT2D eigenvalue weighted by atomic mass is 19.1. The topological polar surface area (TPSA) is 76.3 Å². The fourth-order valence-corrected chi connectivity index (χ4v) is 4.54. The molecule has 0 unspecified atom stereocenters. The van der Waals surface area contributed by atoms with Gasteiger partial charge in [0.05, 0.1) is 11.4 Å². The predicted octanol–water partition coefficient (Wildman–Crippen LogP) is 3.63. The van der Waals surface area contributed by atoms with Crippen molar-refractivity contribution in [1.82, 2.24) is 9.13 Å². The summed E-state index contributed by atoms with van der Waals surface area (Å²) in [4.78, 5) is 41.0. The number of amides is 1. The summed E-state index contributed by atoms with van der Waals surface area (Å²) in [5.41, 5.74) is 2.07. The maximum Gasteiger partial charge on any atom is 0.335 e. The molecule has 4 rings (SSSR count). The monoisotopic (exact) mass is 464 g/mol. The Labute approximate surface area is 197 Å². The average molecular weight is 465 g/mol. The molecular weight excluding hydrogens is 435 g/mol. The van der Waals surface area contributed by atoms with Gasteiger partial charge in [0, 0.05) is 31.2 Å². The summed E-state index contributed by atoms with van der Waals surface area (Å²) in [7, 11) is 0. The maximum atomic E-state index is 13.8. The summed E-state index contributed by atoms with van der Waals surface area (Å²) >= 11 is 0. The second kappa shape index (κ2) is 9.67. The smallest absolute Gasteiger partial charge is 0.335 e. The van der Waals surface area contributed by atoms with Crippen LogP contribution in [-0.4, -0.2) is 28.1 Å². The minimum absolute atomic E-state index is 0.153. The van der Waals surface area contributed by atoms with Crippen molar-refractivity contribution in [2.45, 2.75) is 40.2 Å². The number of piperidine rings is 1. The molecule has 178 valence electrons. The van der Waals surface area contributed by atoms with Gasteiger partial charge in [0.25, 0.3) is 5.56 Å². The third-order valence-corrected chi connectivity index (χ3v) is 6.50. The van der Waals surface area contributed by atoms with Crippen molar-refractivity contribution in [2.75, 3.05) is 23.3 Å². The molecule has 2 heterocycles. The quantitative estimate of drug-likeness (QED) is 0.626. The summed E-state index contributed by atoms with van der Waals surface area (Å²) in [6.07, 6.45) is 1.10. The van der Waals surface area contributed by atoms with Gasteiger partial charge in [-0.2, -0.15) is 0 Å². The first-order chi connectivity index (χ1) is 16.3. The molecule has 1 aliphatic heterocycles. The summed E-state index contributed by atoms with van der Waals surface area (Å²) < 4.78 is 16.6. The molecule has 1 aromatic heterocycles. The number of aromatic nitrogens is 2. The van der Waals surface area contributed by atoms with Gasteiger partial charge < -0.3 is 10.2 Å². The number of benzene rings is 2. The molecule has 1 saturated heterocycles. The van der Waals surface area contributed by atoms with Gasteiger partial charge in [0.2, 0.25) is 5.91 Å². The molecule has 3 aromatic rings. The number of hydrogen-bond donors (Lipinski definition) is 1. The first-order valence-electron chi connectivity index (χ1n) is 11.6. The standard InChI is InChI=1S/C26H29FN4O3/c1-4-30-25(33)23(18(3)31(26(30)34)21-8-6-5-7-9-21)29-14-12-19(13-15-29)24(32)28-20-11-10-17(2)22(27)16-20/h5-11,16,19H,4,12-15H2,1-3H3,(H,28,32). The Balaban J connectivity index is 1.57. The van der Waals surface area contributed by atoms with Crippen molar-refractivity contribution >= 4 is 17.3 Å². The lowest BCUT2D eigenvalue weighted by Crippen LogP contribution is -2.46. The second-order valence-corrected chi connectivity index (χ2v) is 8.65. The first kappa shape index (κ1) is 23.5. The minimum Gasteiger partial charge on any atom is -0.366 e. The lowest BCUT2D eigenvalue weighted by Gasteiger charge is -2.34. The van der Waals surface area contributed by atoms with Crippen molar-refractivity contribution in [1.29, 1.82) is 0 Å². The van der Waals surface area contributed by atoms with E-state index in [0.29, 0.717) is 54.3 Å². The van der Waals surface area contributed by atoms with E-state index >= 15 is 0 Å². The molecule has 1 aliphatic rings. The van der Waals surface area contributed by atoms with E-state index in [1.165, 1.54) is 10.6 Å².